The number of carbonyl (C=O) groups is 1. The SMILES string of the molecule is CCc1ccc2nc(N(CCCN(C)C)C(=O)Cc3cccs3)sc2c1. The van der Waals surface area contributed by atoms with Gasteiger partial charge >= 0.3 is 0 Å². The minimum Gasteiger partial charge on any atom is -0.309 e. The molecule has 0 aliphatic carbocycles. The first-order chi connectivity index (χ1) is 12.6. The molecule has 0 aliphatic heterocycles. The fraction of sp³-hybridized carbons (Fsp3) is 0.400. The van der Waals surface area contributed by atoms with Gasteiger partial charge in [0.2, 0.25) is 5.91 Å². The summed E-state index contributed by atoms with van der Waals surface area (Å²) in [5.41, 5.74) is 2.28. The molecule has 0 bridgehead atoms. The summed E-state index contributed by atoms with van der Waals surface area (Å²) < 4.78 is 1.15. The molecule has 0 unspecified atom stereocenters. The Morgan fingerprint density at radius 3 is 2.73 bits per heavy atom. The highest BCUT2D eigenvalue weighted by Crippen LogP contribution is 2.30. The maximum Gasteiger partial charge on any atom is 0.234 e. The van der Waals surface area contributed by atoms with Gasteiger partial charge in [-0.3, -0.25) is 9.69 Å². The zero-order chi connectivity index (χ0) is 18.5. The molecule has 1 amide bonds. The molecule has 0 spiro atoms. The Morgan fingerprint density at radius 1 is 1.19 bits per heavy atom. The van der Waals surface area contributed by atoms with E-state index < -0.39 is 0 Å². The number of thiazole rings is 1. The number of hydrogen-bond donors (Lipinski definition) is 0. The van der Waals surface area contributed by atoms with Crippen LogP contribution in [0.5, 0.6) is 0 Å². The normalized spacial score (nSPS) is 11.4. The number of amides is 1. The molecular weight excluding hydrogens is 362 g/mol. The summed E-state index contributed by atoms with van der Waals surface area (Å²) in [6.07, 6.45) is 2.38. The van der Waals surface area contributed by atoms with Crippen molar-refractivity contribution in [3.8, 4) is 0 Å². The summed E-state index contributed by atoms with van der Waals surface area (Å²) in [4.78, 5) is 22.8. The fourth-order valence-electron chi connectivity index (χ4n) is 2.82. The molecule has 2 heterocycles. The van der Waals surface area contributed by atoms with E-state index in [4.69, 9.17) is 4.98 Å². The topological polar surface area (TPSA) is 36.4 Å². The van der Waals surface area contributed by atoms with Gasteiger partial charge in [0.05, 0.1) is 16.6 Å². The highest BCUT2D eigenvalue weighted by molar-refractivity contribution is 7.22. The van der Waals surface area contributed by atoms with E-state index in [1.807, 2.05) is 22.4 Å². The van der Waals surface area contributed by atoms with Gasteiger partial charge in [0.15, 0.2) is 5.13 Å². The van der Waals surface area contributed by atoms with Crippen LogP contribution in [-0.4, -0.2) is 43.0 Å². The number of benzene rings is 1. The minimum atomic E-state index is 0.126. The van der Waals surface area contributed by atoms with Crippen molar-refractivity contribution in [3.05, 3.63) is 46.2 Å². The van der Waals surface area contributed by atoms with Gasteiger partial charge < -0.3 is 4.90 Å². The first kappa shape index (κ1) is 19.0. The Morgan fingerprint density at radius 2 is 2.04 bits per heavy atom. The van der Waals surface area contributed by atoms with Crippen molar-refractivity contribution < 1.29 is 4.79 Å². The standard InChI is InChI=1S/C20H25N3OS2/c1-4-15-8-9-17-18(13-15)26-20(21-17)23(11-6-10-22(2)3)19(24)14-16-7-5-12-25-16/h5,7-9,12-13H,4,6,10-11,14H2,1-3H3. The molecule has 0 radical (unpaired) electrons. The van der Waals surface area contributed by atoms with Gasteiger partial charge in [-0.1, -0.05) is 30.4 Å². The van der Waals surface area contributed by atoms with E-state index >= 15 is 0 Å². The molecule has 0 N–H and O–H groups in total. The van der Waals surface area contributed by atoms with Crippen molar-refractivity contribution in [2.75, 3.05) is 32.1 Å². The Labute approximate surface area is 163 Å². The lowest BCUT2D eigenvalue weighted by Gasteiger charge is -2.20. The number of carbonyl (C=O) groups excluding carboxylic acids is 1. The Hall–Kier alpha value is -1.76. The molecule has 3 aromatic rings. The quantitative estimate of drug-likeness (QED) is 0.573. The molecule has 26 heavy (non-hydrogen) atoms. The molecule has 2 aromatic heterocycles. The van der Waals surface area contributed by atoms with Gasteiger partial charge in [-0.2, -0.15) is 0 Å². The van der Waals surface area contributed by atoms with Crippen LogP contribution in [0.15, 0.2) is 35.7 Å². The number of hydrogen-bond acceptors (Lipinski definition) is 5. The molecule has 0 fully saturated rings. The van der Waals surface area contributed by atoms with Crippen LogP contribution in [0.3, 0.4) is 0 Å². The van der Waals surface area contributed by atoms with Crippen molar-refractivity contribution in [2.45, 2.75) is 26.2 Å². The number of anilines is 1. The molecular formula is C20H25N3OS2. The summed E-state index contributed by atoms with van der Waals surface area (Å²) in [7, 11) is 4.11. The summed E-state index contributed by atoms with van der Waals surface area (Å²) in [5, 5.41) is 2.83. The lowest BCUT2D eigenvalue weighted by Crippen LogP contribution is -2.34. The Bertz CT molecular complexity index is 855. The van der Waals surface area contributed by atoms with E-state index in [2.05, 4.69) is 44.1 Å². The van der Waals surface area contributed by atoms with Crippen molar-refractivity contribution >= 4 is 43.9 Å². The van der Waals surface area contributed by atoms with E-state index in [9.17, 15) is 4.79 Å². The minimum absolute atomic E-state index is 0.126. The summed E-state index contributed by atoms with van der Waals surface area (Å²) in [6, 6.07) is 10.4. The highest BCUT2D eigenvalue weighted by atomic mass is 32.1. The highest BCUT2D eigenvalue weighted by Gasteiger charge is 2.20. The summed E-state index contributed by atoms with van der Waals surface area (Å²) in [5.74, 6) is 0.126. The third kappa shape index (κ3) is 4.69. The molecule has 6 heteroatoms. The van der Waals surface area contributed by atoms with Gasteiger partial charge in [-0.05, 0) is 62.6 Å². The van der Waals surface area contributed by atoms with Crippen molar-refractivity contribution in [3.63, 3.8) is 0 Å². The average Bonchev–Trinajstić information content (AvgIpc) is 3.26. The lowest BCUT2D eigenvalue weighted by atomic mass is 10.2. The predicted octanol–water partition coefficient (Wildman–Crippen LogP) is 4.45. The second kappa shape index (κ2) is 8.75. The van der Waals surface area contributed by atoms with Crippen LogP contribution in [0.4, 0.5) is 5.13 Å². The van der Waals surface area contributed by atoms with Crippen molar-refractivity contribution in [2.24, 2.45) is 0 Å². The van der Waals surface area contributed by atoms with Crippen LogP contribution >= 0.6 is 22.7 Å². The van der Waals surface area contributed by atoms with Crippen LogP contribution in [0.1, 0.15) is 23.8 Å². The van der Waals surface area contributed by atoms with E-state index in [1.165, 1.54) is 5.56 Å². The largest absolute Gasteiger partial charge is 0.309 e. The molecule has 3 rings (SSSR count). The smallest absolute Gasteiger partial charge is 0.234 e. The number of aromatic nitrogens is 1. The van der Waals surface area contributed by atoms with Crippen molar-refractivity contribution in [1.29, 1.82) is 0 Å². The molecule has 138 valence electrons. The van der Waals surface area contributed by atoms with Gasteiger partial charge in [-0.15, -0.1) is 11.3 Å². The van der Waals surface area contributed by atoms with Crippen LogP contribution in [0, 0.1) is 0 Å². The first-order valence-electron chi connectivity index (χ1n) is 8.93. The van der Waals surface area contributed by atoms with Crippen LogP contribution < -0.4 is 4.90 Å². The molecule has 0 saturated carbocycles. The molecule has 0 aliphatic rings. The lowest BCUT2D eigenvalue weighted by molar-refractivity contribution is -0.118. The van der Waals surface area contributed by atoms with E-state index in [-0.39, 0.29) is 5.91 Å². The maximum absolute atomic E-state index is 13.0. The maximum atomic E-state index is 13.0. The second-order valence-electron chi connectivity index (χ2n) is 6.61. The third-order valence-corrected chi connectivity index (χ3v) is 6.19. The molecule has 1 aromatic carbocycles. The van der Waals surface area contributed by atoms with Crippen LogP contribution in [0.25, 0.3) is 10.2 Å². The number of nitrogens with zero attached hydrogens (tertiary/aromatic N) is 3. The van der Waals surface area contributed by atoms with Gasteiger partial charge in [0.1, 0.15) is 0 Å². The average molecular weight is 388 g/mol. The number of rotatable bonds is 8. The Balaban J connectivity index is 1.84. The fourth-order valence-corrected chi connectivity index (χ4v) is 4.59. The van der Waals surface area contributed by atoms with Crippen molar-refractivity contribution in [1.82, 2.24) is 9.88 Å². The number of aryl methyl sites for hydroxylation is 1. The van der Waals surface area contributed by atoms with E-state index in [0.29, 0.717) is 13.0 Å². The monoisotopic (exact) mass is 387 g/mol. The van der Waals surface area contributed by atoms with E-state index in [0.717, 1.165) is 39.6 Å². The zero-order valence-corrected chi connectivity index (χ0v) is 17.2. The second-order valence-corrected chi connectivity index (χ2v) is 8.65. The molecule has 0 saturated heterocycles. The predicted molar refractivity (Wildman–Crippen MR) is 113 cm³/mol. The van der Waals surface area contributed by atoms with Gasteiger partial charge in [0.25, 0.3) is 0 Å². The molecule has 0 atom stereocenters. The summed E-state index contributed by atoms with van der Waals surface area (Å²) >= 11 is 3.25. The number of thiophene rings is 1. The van der Waals surface area contributed by atoms with Crippen LogP contribution in [0.2, 0.25) is 0 Å². The number of fused-ring (bicyclic) bond motifs is 1. The zero-order valence-electron chi connectivity index (χ0n) is 15.6. The first-order valence-corrected chi connectivity index (χ1v) is 10.6. The third-order valence-electron chi connectivity index (χ3n) is 4.27. The molecule has 4 nitrogen and oxygen atoms in total. The summed E-state index contributed by atoms with van der Waals surface area (Å²) in [6.45, 7) is 3.80. The van der Waals surface area contributed by atoms with Gasteiger partial charge in [-0.25, -0.2) is 4.98 Å². The van der Waals surface area contributed by atoms with Gasteiger partial charge in [0, 0.05) is 11.4 Å². The van der Waals surface area contributed by atoms with Crippen LogP contribution in [-0.2, 0) is 17.6 Å². The van der Waals surface area contributed by atoms with E-state index in [1.54, 1.807) is 22.7 Å². The Kier molecular flexibility index (Phi) is 6.40.